The highest BCUT2D eigenvalue weighted by atomic mass is 15.0. The first kappa shape index (κ1) is 32.7. The van der Waals surface area contributed by atoms with Crippen LogP contribution in [0.25, 0.3) is 89.4 Å². The van der Waals surface area contributed by atoms with Gasteiger partial charge in [-0.05, 0) is 78.5 Å². The Labute approximate surface area is 321 Å². The number of nitrogens with zero attached hydrogens (tertiary/aromatic N) is 3. The first-order chi connectivity index (χ1) is 27.0. The van der Waals surface area contributed by atoms with Gasteiger partial charge in [0.2, 0.25) is 0 Å². The standard InChI is InChI=1S/C52H37N3/c1-52(2)46-23-12-11-22-44(46)47-45(33-41-18-9-10-21-43(41)48(47)52)40-19-13-20-42(32-40)51-54-49(38-28-24-36(25-29-38)34-14-5-3-6-15-34)53-50(55-51)39-30-26-37(27-31-39)35-16-7-4-8-17-35/h3-33H,1-2H3. The van der Waals surface area contributed by atoms with Gasteiger partial charge in [-0.2, -0.15) is 0 Å². The second kappa shape index (κ2) is 13.2. The van der Waals surface area contributed by atoms with Gasteiger partial charge in [-0.1, -0.05) is 190 Å². The third-order valence-corrected chi connectivity index (χ3v) is 11.1. The molecule has 0 amide bonds. The van der Waals surface area contributed by atoms with Crippen molar-refractivity contribution in [2.24, 2.45) is 0 Å². The van der Waals surface area contributed by atoms with Gasteiger partial charge in [0.25, 0.3) is 0 Å². The van der Waals surface area contributed by atoms with Crippen LogP contribution in [0.5, 0.6) is 0 Å². The molecule has 0 N–H and O–H groups in total. The molecule has 8 aromatic carbocycles. The van der Waals surface area contributed by atoms with E-state index < -0.39 is 0 Å². The molecule has 0 unspecified atom stereocenters. The zero-order valence-electron chi connectivity index (χ0n) is 30.7. The number of hydrogen-bond donors (Lipinski definition) is 0. The maximum absolute atomic E-state index is 5.16. The molecule has 0 spiro atoms. The van der Waals surface area contributed by atoms with Crippen molar-refractivity contribution in [3.05, 3.63) is 199 Å². The lowest BCUT2D eigenvalue weighted by molar-refractivity contribution is 0.666. The van der Waals surface area contributed by atoms with E-state index in [-0.39, 0.29) is 5.41 Å². The van der Waals surface area contributed by atoms with Crippen LogP contribution in [0.15, 0.2) is 188 Å². The predicted molar refractivity (Wildman–Crippen MR) is 228 cm³/mol. The molecule has 0 saturated carbocycles. The number of rotatable bonds is 6. The second-order valence-corrected chi connectivity index (χ2v) is 14.8. The first-order valence-electron chi connectivity index (χ1n) is 18.9. The van der Waals surface area contributed by atoms with E-state index in [0.717, 1.165) is 33.4 Å². The zero-order valence-corrected chi connectivity index (χ0v) is 30.7. The van der Waals surface area contributed by atoms with Gasteiger partial charge in [0.1, 0.15) is 0 Å². The molecule has 0 bridgehead atoms. The third kappa shape index (κ3) is 5.73. The Kier molecular flexibility index (Phi) is 7.81. The van der Waals surface area contributed by atoms with Crippen molar-refractivity contribution in [3.8, 4) is 78.7 Å². The average molecular weight is 704 g/mol. The third-order valence-electron chi connectivity index (χ3n) is 11.1. The zero-order chi connectivity index (χ0) is 36.9. The highest BCUT2D eigenvalue weighted by Gasteiger charge is 2.38. The SMILES string of the molecule is CC1(C)c2ccccc2-c2c(-c3cccc(-c4nc(-c5ccc(-c6ccccc6)cc5)nc(-c5ccc(-c6ccccc6)cc5)n4)c3)cc3ccccc3c21. The van der Waals surface area contributed by atoms with Crippen LogP contribution in [0.2, 0.25) is 0 Å². The summed E-state index contributed by atoms with van der Waals surface area (Å²) in [7, 11) is 0. The van der Waals surface area contributed by atoms with Crippen molar-refractivity contribution in [2.45, 2.75) is 19.3 Å². The molecule has 55 heavy (non-hydrogen) atoms. The molecule has 3 nitrogen and oxygen atoms in total. The normalized spacial score (nSPS) is 12.7. The summed E-state index contributed by atoms with van der Waals surface area (Å²) in [5, 5.41) is 2.55. The summed E-state index contributed by atoms with van der Waals surface area (Å²) >= 11 is 0. The summed E-state index contributed by atoms with van der Waals surface area (Å²) in [6, 6.07) is 66.6. The van der Waals surface area contributed by atoms with Gasteiger partial charge < -0.3 is 0 Å². The van der Waals surface area contributed by atoms with E-state index in [2.05, 4.69) is 190 Å². The molecule has 1 aliphatic carbocycles. The van der Waals surface area contributed by atoms with Crippen molar-refractivity contribution < 1.29 is 0 Å². The van der Waals surface area contributed by atoms with E-state index in [9.17, 15) is 0 Å². The van der Waals surface area contributed by atoms with Crippen LogP contribution < -0.4 is 0 Å². The summed E-state index contributed by atoms with van der Waals surface area (Å²) in [5.74, 6) is 1.91. The van der Waals surface area contributed by atoms with Crippen molar-refractivity contribution >= 4 is 10.8 Å². The minimum absolute atomic E-state index is 0.136. The molecular formula is C52H37N3. The molecule has 1 aromatic heterocycles. The Morgan fingerprint density at radius 1 is 0.345 bits per heavy atom. The topological polar surface area (TPSA) is 38.7 Å². The highest BCUT2D eigenvalue weighted by molar-refractivity contribution is 6.05. The van der Waals surface area contributed by atoms with Crippen LogP contribution in [0, 0.1) is 0 Å². The van der Waals surface area contributed by atoms with Gasteiger partial charge in [-0.15, -0.1) is 0 Å². The van der Waals surface area contributed by atoms with Gasteiger partial charge >= 0.3 is 0 Å². The van der Waals surface area contributed by atoms with Crippen molar-refractivity contribution in [1.29, 1.82) is 0 Å². The van der Waals surface area contributed by atoms with Crippen LogP contribution >= 0.6 is 0 Å². The summed E-state index contributed by atoms with van der Waals surface area (Å²) in [4.78, 5) is 15.4. The fourth-order valence-electron chi connectivity index (χ4n) is 8.36. The molecule has 0 saturated heterocycles. The number of fused-ring (bicyclic) bond motifs is 5. The Morgan fingerprint density at radius 3 is 1.42 bits per heavy atom. The van der Waals surface area contributed by atoms with Crippen molar-refractivity contribution in [1.82, 2.24) is 15.0 Å². The molecule has 9 aromatic rings. The number of aromatic nitrogens is 3. The Bertz CT molecular complexity index is 2760. The quantitative estimate of drug-likeness (QED) is 0.173. The summed E-state index contributed by atoms with van der Waals surface area (Å²) < 4.78 is 0. The largest absolute Gasteiger partial charge is 0.208 e. The molecule has 1 aliphatic rings. The van der Waals surface area contributed by atoms with E-state index in [4.69, 9.17) is 15.0 Å². The van der Waals surface area contributed by atoms with E-state index in [1.165, 1.54) is 49.7 Å². The maximum atomic E-state index is 5.16. The second-order valence-electron chi connectivity index (χ2n) is 14.8. The lowest BCUT2D eigenvalue weighted by Gasteiger charge is -2.24. The van der Waals surface area contributed by atoms with Crippen LogP contribution in [0.4, 0.5) is 0 Å². The maximum Gasteiger partial charge on any atom is 0.164 e. The molecule has 0 aliphatic heterocycles. The molecular weight excluding hydrogens is 667 g/mol. The molecule has 1 heterocycles. The Balaban J connectivity index is 1.12. The van der Waals surface area contributed by atoms with Crippen LogP contribution in [0.3, 0.4) is 0 Å². The fourth-order valence-corrected chi connectivity index (χ4v) is 8.36. The van der Waals surface area contributed by atoms with E-state index >= 15 is 0 Å². The lowest BCUT2D eigenvalue weighted by Crippen LogP contribution is -2.15. The fraction of sp³-hybridized carbons (Fsp3) is 0.0577. The van der Waals surface area contributed by atoms with Gasteiger partial charge in [0.15, 0.2) is 17.5 Å². The number of hydrogen-bond acceptors (Lipinski definition) is 3. The monoisotopic (exact) mass is 703 g/mol. The average Bonchev–Trinajstić information content (AvgIpc) is 3.50. The van der Waals surface area contributed by atoms with Gasteiger partial charge in [0.05, 0.1) is 0 Å². The summed E-state index contributed by atoms with van der Waals surface area (Å²) in [6.07, 6.45) is 0. The van der Waals surface area contributed by atoms with E-state index in [1.807, 2.05) is 12.1 Å². The highest BCUT2D eigenvalue weighted by Crippen LogP contribution is 2.54. The van der Waals surface area contributed by atoms with E-state index in [1.54, 1.807) is 0 Å². The Morgan fingerprint density at radius 2 is 0.800 bits per heavy atom. The first-order valence-corrected chi connectivity index (χ1v) is 18.9. The van der Waals surface area contributed by atoms with Crippen molar-refractivity contribution in [2.75, 3.05) is 0 Å². The molecule has 260 valence electrons. The van der Waals surface area contributed by atoms with Crippen LogP contribution in [-0.4, -0.2) is 15.0 Å². The van der Waals surface area contributed by atoms with Gasteiger partial charge in [0, 0.05) is 22.1 Å². The van der Waals surface area contributed by atoms with Gasteiger partial charge in [-0.3, -0.25) is 0 Å². The minimum Gasteiger partial charge on any atom is -0.208 e. The molecule has 0 fully saturated rings. The lowest BCUT2D eigenvalue weighted by atomic mass is 9.79. The van der Waals surface area contributed by atoms with Crippen LogP contribution in [-0.2, 0) is 5.41 Å². The van der Waals surface area contributed by atoms with Crippen LogP contribution in [0.1, 0.15) is 25.0 Å². The number of benzene rings is 8. The smallest absolute Gasteiger partial charge is 0.164 e. The molecule has 10 rings (SSSR count). The summed E-state index contributed by atoms with van der Waals surface area (Å²) in [6.45, 7) is 4.72. The van der Waals surface area contributed by atoms with Crippen molar-refractivity contribution in [3.63, 3.8) is 0 Å². The molecule has 0 radical (unpaired) electrons. The van der Waals surface area contributed by atoms with Gasteiger partial charge in [-0.25, -0.2) is 15.0 Å². The molecule has 0 atom stereocenters. The van der Waals surface area contributed by atoms with E-state index in [0.29, 0.717) is 17.5 Å². The minimum atomic E-state index is -0.136. The predicted octanol–water partition coefficient (Wildman–Crippen LogP) is 13.3. The molecule has 3 heteroatoms. The Hall–Kier alpha value is -6.97. The summed E-state index contributed by atoms with van der Waals surface area (Å²) in [5.41, 5.74) is 15.0.